The van der Waals surface area contributed by atoms with Gasteiger partial charge in [-0.15, -0.1) is 0 Å². The molecule has 0 bridgehead atoms. The first kappa shape index (κ1) is 12.1. The summed E-state index contributed by atoms with van der Waals surface area (Å²) < 4.78 is 11.9. The Hall–Kier alpha value is -0.940. The Morgan fingerprint density at radius 3 is 2.44 bits per heavy atom. The van der Waals surface area contributed by atoms with Crippen molar-refractivity contribution in [1.29, 1.82) is 0 Å². The van der Waals surface area contributed by atoms with E-state index in [1.807, 2.05) is 18.2 Å². The molecule has 2 heterocycles. The number of hydrogen-bond acceptors (Lipinski definition) is 4. The molecule has 1 N–H and O–H groups in total. The van der Waals surface area contributed by atoms with Crippen molar-refractivity contribution in [3.05, 3.63) is 35.9 Å². The molecular weight excluding hydrogens is 228 g/mol. The molecule has 1 aromatic carbocycles. The Morgan fingerprint density at radius 1 is 1.00 bits per heavy atom. The van der Waals surface area contributed by atoms with Crippen LogP contribution in [-0.4, -0.2) is 50.5 Å². The minimum atomic E-state index is 0.0883. The second-order valence-corrected chi connectivity index (χ2v) is 4.81. The fourth-order valence-corrected chi connectivity index (χ4v) is 2.53. The van der Waals surface area contributed by atoms with Gasteiger partial charge in [0.2, 0.25) is 0 Å². The van der Waals surface area contributed by atoms with Gasteiger partial charge in [-0.3, -0.25) is 4.90 Å². The van der Waals surface area contributed by atoms with Gasteiger partial charge in [-0.1, -0.05) is 30.3 Å². The summed E-state index contributed by atoms with van der Waals surface area (Å²) in [4.78, 5) is 2.36. The van der Waals surface area contributed by atoms with E-state index >= 15 is 0 Å². The third-order valence-corrected chi connectivity index (χ3v) is 3.61. The van der Waals surface area contributed by atoms with Gasteiger partial charge in [-0.2, -0.15) is 0 Å². The van der Waals surface area contributed by atoms with Gasteiger partial charge in [0.25, 0.3) is 0 Å². The summed E-state index contributed by atoms with van der Waals surface area (Å²) in [5, 5.41) is 3.35. The number of hydrogen-bond donors (Lipinski definition) is 1. The van der Waals surface area contributed by atoms with Crippen molar-refractivity contribution < 1.29 is 9.47 Å². The SMILES string of the molecule is c1ccc(C2COC(N3CCNCC3)CO2)cc1. The van der Waals surface area contributed by atoms with E-state index in [1.54, 1.807) is 0 Å². The molecule has 0 radical (unpaired) electrons. The monoisotopic (exact) mass is 248 g/mol. The average molecular weight is 248 g/mol. The highest BCUT2D eigenvalue weighted by Gasteiger charge is 2.28. The summed E-state index contributed by atoms with van der Waals surface area (Å²) in [6.07, 6.45) is 0.220. The van der Waals surface area contributed by atoms with Gasteiger partial charge in [0.15, 0.2) is 0 Å². The standard InChI is InChI=1S/C14H20N2O2/c1-2-4-12(5-3-1)13-10-18-14(11-17-13)16-8-6-15-7-9-16/h1-5,13-15H,6-11H2. The maximum atomic E-state index is 5.96. The van der Waals surface area contributed by atoms with E-state index in [-0.39, 0.29) is 12.3 Å². The molecule has 4 heteroatoms. The van der Waals surface area contributed by atoms with Crippen LogP contribution in [0.1, 0.15) is 11.7 Å². The highest BCUT2D eigenvalue weighted by Crippen LogP contribution is 2.23. The summed E-state index contributed by atoms with van der Waals surface area (Å²) in [5.41, 5.74) is 1.20. The van der Waals surface area contributed by atoms with Gasteiger partial charge in [0, 0.05) is 26.2 Å². The number of nitrogens with zero attached hydrogens (tertiary/aromatic N) is 1. The first-order valence-electron chi connectivity index (χ1n) is 6.66. The van der Waals surface area contributed by atoms with Crippen molar-refractivity contribution in [2.45, 2.75) is 12.3 Å². The zero-order valence-corrected chi connectivity index (χ0v) is 10.5. The van der Waals surface area contributed by atoms with Crippen molar-refractivity contribution >= 4 is 0 Å². The maximum absolute atomic E-state index is 5.96. The van der Waals surface area contributed by atoms with Gasteiger partial charge in [-0.05, 0) is 5.56 Å². The van der Waals surface area contributed by atoms with Crippen molar-refractivity contribution in [2.75, 3.05) is 39.4 Å². The van der Waals surface area contributed by atoms with Crippen molar-refractivity contribution in [2.24, 2.45) is 0 Å². The summed E-state index contributed by atoms with van der Waals surface area (Å²) in [5.74, 6) is 0. The second-order valence-electron chi connectivity index (χ2n) is 4.81. The van der Waals surface area contributed by atoms with Crippen LogP contribution in [0.25, 0.3) is 0 Å². The van der Waals surface area contributed by atoms with E-state index in [1.165, 1.54) is 5.56 Å². The summed E-state index contributed by atoms with van der Waals surface area (Å²) >= 11 is 0. The fraction of sp³-hybridized carbons (Fsp3) is 0.571. The molecule has 0 spiro atoms. The second kappa shape index (κ2) is 5.80. The van der Waals surface area contributed by atoms with E-state index in [2.05, 4.69) is 22.3 Å². The van der Waals surface area contributed by atoms with E-state index in [0.717, 1.165) is 26.2 Å². The lowest BCUT2D eigenvalue weighted by molar-refractivity contribution is -0.188. The van der Waals surface area contributed by atoms with Crippen LogP contribution in [0.15, 0.2) is 30.3 Å². The lowest BCUT2D eigenvalue weighted by Crippen LogP contribution is -2.52. The number of nitrogens with one attached hydrogen (secondary N) is 1. The number of benzene rings is 1. The Balaban J connectivity index is 1.54. The third kappa shape index (κ3) is 2.72. The van der Waals surface area contributed by atoms with E-state index in [4.69, 9.17) is 9.47 Å². The van der Waals surface area contributed by atoms with Crippen LogP contribution in [0.2, 0.25) is 0 Å². The summed E-state index contributed by atoms with van der Waals surface area (Å²) in [7, 11) is 0. The van der Waals surface area contributed by atoms with Gasteiger partial charge in [0.1, 0.15) is 12.3 Å². The van der Waals surface area contributed by atoms with Crippen LogP contribution in [0.3, 0.4) is 0 Å². The van der Waals surface area contributed by atoms with Crippen LogP contribution in [0.4, 0.5) is 0 Å². The Labute approximate surface area is 108 Å². The van der Waals surface area contributed by atoms with E-state index < -0.39 is 0 Å². The summed E-state index contributed by atoms with van der Waals surface area (Å²) in [6, 6.07) is 10.3. The molecule has 4 nitrogen and oxygen atoms in total. The zero-order valence-electron chi connectivity index (χ0n) is 10.5. The minimum Gasteiger partial charge on any atom is -0.367 e. The zero-order chi connectivity index (χ0) is 12.2. The molecule has 2 aliphatic heterocycles. The molecule has 2 fully saturated rings. The fourth-order valence-electron chi connectivity index (χ4n) is 2.53. The van der Waals surface area contributed by atoms with Crippen LogP contribution < -0.4 is 5.32 Å². The molecular formula is C14H20N2O2. The number of ether oxygens (including phenoxy) is 2. The molecule has 18 heavy (non-hydrogen) atoms. The third-order valence-electron chi connectivity index (χ3n) is 3.61. The molecule has 2 unspecified atom stereocenters. The topological polar surface area (TPSA) is 33.7 Å². The van der Waals surface area contributed by atoms with Crippen LogP contribution in [0.5, 0.6) is 0 Å². The summed E-state index contributed by atoms with van der Waals surface area (Å²) in [6.45, 7) is 5.50. The first-order valence-corrected chi connectivity index (χ1v) is 6.66. The quantitative estimate of drug-likeness (QED) is 0.847. The Morgan fingerprint density at radius 2 is 1.78 bits per heavy atom. The molecule has 98 valence electrons. The molecule has 1 aromatic rings. The van der Waals surface area contributed by atoms with Crippen molar-refractivity contribution in [3.8, 4) is 0 Å². The molecule has 2 aliphatic rings. The van der Waals surface area contributed by atoms with Gasteiger partial charge in [-0.25, -0.2) is 0 Å². The van der Waals surface area contributed by atoms with Crippen LogP contribution >= 0.6 is 0 Å². The highest BCUT2D eigenvalue weighted by atomic mass is 16.6. The molecule has 0 aromatic heterocycles. The van der Waals surface area contributed by atoms with Crippen molar-refractivity contribution in [1.82, 2.24) is 10.2 Å². The predicted octanol–water partition coefficient (Wildman–Crippen LogP) is 1.01. The van der Waals surface area contributed by atoms with E-state index in [0.29, 0.717) is 13.2 Å². The molecule has 2 saturated heterocycles. The lowest BCUT2D eigenvalue weighted by Gasteiger charge is -2.38. The average Bonchev–Trinajstić information content (AvgIpc) is 2.49. The minimum absolute atomic E-state index is 0.0883. The largest absolute Gasteiger partial charge is 0.367 e. The van der Waals surface area contributed by atoms with Crippen molar-refractivity contribution in [3.63, 3.8) is 0 Å². The maximum Gasteiger partial charge on any atom is 0.134 e. The Bertz CT molecular complexity index is 357. The number of piperazine rings is 1. The van der Waals surface area contributed by atoms with E-state index in [9.17, 15) is 0 Å². The lowest BCUT2D eigenvalue weighted by atomic mass is 10.1. The highest BCUT2D eigenvalue weighted by molar-refractivity contribution is 5.17. The van der Waals surface area contributed by atoms with Crippen LogP contribution in [-0.2, 0) is 9.47 Å². The molecule has 3 rings (SSSR count). The number of rotatable bonds is 2. The Kier molecular flexibility index (Phi) is 3.90. The molecule has 0 aliphatic carbocycles. The molecule has 0 saturated carbocycles. The molecule has 0 amide bonds. The normalized spacial score (nSPS) is 30.2. The molecule has 2 atom stereocenters. The smallest absolute Gasteiger partial charge is 0.134 e. The van der Waals surface area contributed by atoms with Gasteiger partial charge >= 0.3 is 0 Å². The predicted molar refractivity (Wildman–Crippen MR) is 69.3 cm³/mol. The van der Waals surface area contributed by atoms with Crippen LogP contribution in [0, 0.1) is 0 Å². The van der Waals surface area contributed by atoms with Gasteiger partial charge in [0.05, 0.1) is 13.2 Å². The first-order chi connectivity index (χ1) is 8.93. The van der Waals surface area contributed by atoms with Gasteiger partial charge < -0.3 is 14.8 Å².